The Balaban J connectivity index is 0.000000482. The predicted octanol–water partition coefficient (Wildman–Crippen LogP) is 8.09. The molecule has 45 heavy (non-hydrogen) atoms. The first-order chi connectivity index (χ1) is 21.3. The Morgan fingerprint density at radius 2 is 0.844 bits per heavy atom. The molecule has 0 aromatic heterocycles. The number of rotatable bonds is 6. The van der Waals surface area contributed by atoms with Gasteiger partial charge in [-0.1, -0.05) is 146 Å². The zero-order valence-electron chi connectivity index (χ0n) is 26.2. The fraction of sp³-hybridized carbons (Fsp3) is 0.200. The smallest absolute Gasteiger partial charge is 0.164 e. The minimum Gasteiger partial charge on any atom is -0.378 e. The molecule has 4 nitrogen and oxygen atoms in total. The first-order valence-corrected chi connectivity index (χ1v) is 14.9. The number of hydrogen-bond donors (Lipinski definition) is 2. The molecule has 0 spiro atoms. The van der Waals surface area contributed by atoms with E-state index < -0.39 is 29.2 Å². The van der Waals surface area contributed by atoms with Crippen molar-refractivity contribution in [2.45, 2.75) is 50.0 Å². The van der Waals surface area contributed by atoms with Crippen molar-refractivity contribution in [3.8, 4) is 0 Å². The molecule has 1 fully saturated rings. The Labute approximate surface area is 283 Å². The van der Waals surface area contributed by atoms with Crippen molar-refractivity contribution in [1.82, 2.24) is 0 Å². The van der Waals surface area contributed by atoms with Crippen molar-refractivity contribution in [2.75, 3.05) is 0 Å². The molecule has 1 saturated heterocycles. The quantitative estimate of drug-likeness (QED) is 0.166. The van der Waals surface area contributed by atoms with Gasteiger partial charge >= 0.3 is 0 Å². The van der Waals surface area contributed by atoms with Crippen LogP contribution in [0.15, 0.2) is 158 Å². The van der Waals surface area contributed by atoms with Gasteiger partial charge < -0.3 is 19.7 Å². The maximum Gasteiger partial charge on any atom is 0.164 e. The molecule has 2 aliphatic rings. The maximum atomic E-state index is 12.6. The van der Waals surface area contributed by atoms with Gasteiger partial charge in [-0.3, -0.25) is 0 Å². The summed E-state index contributed by atoms with van der Waals surface area (Å²) in [6, 6.07) is 37.8. The molecular weight excluding hydrogens is 592 g/mol. The molecule has 231 valence electrons. The van der Waals surface area contributed by atoms with E-state index >= 15 is 0 Å². The summed E-state index contributed by atoms with van der Waals surface area (Å²) >= 11 is 0. The summed E-state index contributed by atoms with van der Waals surface area (Å²) in [5.74, 6) is -1.05. The van der Waals surface area contributed by atoms with Crippen molar-refractivity contribution in [3.63, 3.8) is 0 Å². The van der Waals surface area contributed by atoms with Crippen molar-refractivity contribution < 1.29 is 41.4 Å². The van der Waals surface area contributed by atoms with Crippen LogP contribution in [0.3, 0.4) is 0 Å². The van der Waals surface area contributed by atoms with Gasteiger partial charge in [0.2, 0.25) is 0 Å². The Bertz CT molecular complexity index is 1310. The molecular formula is C40H42O4Ti-. The van der Waals surface area contributed by atoms with E-state index in [-0.39, 0.29) is 21.7 Å². The van der Waals surface area contributed by atoms with Crippen LogP contribution in [0, 0.1) is 13.3 Å². The van der Waals surface area contributed by atoms with Crippen LogP contribution >= 0.6 is 0 Å². The van der Waals surface area contributed by atoms with Crippen LogP contribution in [-0.2, 0) is 42.4 Å². The van der Waals surface area contributed by atoms with Gasteiger partial charge in [0, 0.05) is 28.1 Å². The zero-order valence-corrected chi connectivity index (χ0v) is 27.7. The van der Waals surface area contributed by atoms with Gasteiger partial charge in [-0.2, -0.15) is 0 Å². The van der Waals surface area contributed by atoms with Crippen LogP contribution in [0.25, 0.3) is 0 Å². The number of aliphatic hydroxyl groups is 2. The molecule has 0 unspecified atom stereocenters. The maximum absolute atomic E-state index is 12.6. The third-order valence-electron chi connectivity index (χ3n) is 7.57. The monoisotopic (exact) mass is 634 g/mol. The summed E-state index contributed by atoms with van der Waals surface area (Å²) in [5.41, 5.74) is -0.564. The summed E-state index contributed by atoms with van der Waals surface area (Å²) < 4.78 is 13.0. The molecule has 0 saturated carbocycles. The van der Waals surface area contributed by atoms with E-state index in [9.17, 15) is 10.2 Å². The van der Waals surface area contributed by atoms with Gasteiger partial charge in [0.25, 0.3) is 0 Å². The second-order valence-electron chi connectivity index (χ2n) is 11.0. The molecule has 2 N–H and O–H groups in total. The normalized spacial score (nSPS) is 18.3. The zero-order chi connectivity index (χ0) is 31.5. The summed E-state index contributed by atoms with van der Waals surface area (Å²) in [6.07, 6.45) is 11.8. The molecule has 0 amide bonds. The van der Waals surface area contributed by atoms with Gasteiger partial charge in [0.1, 0.15) is 23.4 Å². The third-order valence-corrected chi connectivity index (χ3v) is 7.57. The van der Waals surface area contributed by atoms with Crippen LogP contribution in [0.5, 0.6) is 0 Å². The fourth-order valence-corrected chi connectivity index (χ4v) is 5.45. The van der Waals surface area contributed by atoms with E-state index in [1.165, 1.54) is 0 Å². The van der Waals surface area contributed by atoms with Gasteiger partial charge in [-0.05, 0) is 36.1 Å². The molecule has 1 radical (unpaired) electrons. The number of ether oxygens (including phenoxy) is 2. The second kappa shape index (κ2) is 16.7. The van der Waals surface area contributed by atoms with E-state index in [4.69, 9.17) is 9.47 Å². The summed E-state index contributed by atoms with van der Waals surface area (Å²) in [5, 5.41) is 25.2. The van der Waals surface area contributed by atoms with E-state index in [0.717, 1.165) is 0 Å². The molecule has 1 aliphatic carbocycles. The molecule has 1 aliphatic heterocycles. The van der Waals surface area contributed by atoms with Crippen LogP contribution < -0.4 is 0 Å². The minimum atomic E-state index is -1.60. The van der Waals surface area contributed by atoms with Crippen LogP contribution in [0.1, 0.15) is 43.0 Å². The molecule has 4 aromatic rings. The van der Waals surface area contributed by atoms with Crippen molar-refractivity contribution in [3.05, 3.63) is 193 Å². The summed E-state index contributed by atoms with van der Waals surface area (Å²) in [6.45, 7) is 8.99. The fourth-order valence-electron chi connectivity index (χ4n) is 5.45. The Morgan fingerprint density at radius 3 is 1.04 bits per heavy atom. The molecule has 2 atom stereocenters. The molecule has 0 bridgehead atoms. The first kappa shape index (κ1) is 36.0. The standard InChI is InChI=1S/C31H30O4.C5H5.C4H7.Ti/c1-29(2)34-27(30(32,23-15-7-3-8-16-23)24-17-9-4-10-18-24)28(35-29)31(33,25-19-11-5-12-20-25)26-21-13-6-14-22-26;1-2-4-5-3-1;1-3-4-2;/h3-22,27-28,32-33H,1-2H3;1-5H;3-4H,1H2,2H3;/q;;-1;/b;;4-3+;/t27-,28-;;;/m1.../s1. The summed E-state index contributed by atoms with van der Waals surface area (Å²) in [7, 11) is 0. The Hall–Kier alpha value is -3.48. The molecule has 1 heterocycles. The number of allylic oxidation sites excluding steroid dienone is 6. The molecule has 4 aromatic carbocycles. The van der Waals surface area contributed by atoms with Crippen molar-refractivity contribution in [2.24, 2.45) is 0 Å². The van der Waals surface area contributed by atoms with Crippen molar-refractivity contribution >= 4 is 0 Å². The van der Waals surface area contributed by atoms with Gasteiger partial charge in [0.05, 0.1) is 0 Å². The van der Waals surface area contributed by atoms with Gasteiger partial charge in [0.15, 0.2) is 5.79 Å². The molecule has 5 heteroatoms. The molecule has 6 rings (SSSR count). The van der Waals surface area contributed by atoms with E-state index in [2.05, 4.69) is 6.92 Å². The topological polar surface area (TPSA) is 58.9 Å². The van der Waals surface area contributed by atoms with E-state index in [0.29, 0.717) is 22.3 Å². The van der Waals surface area contributed by atoms with Gasteiger partial charge in [-0.15, -0.1) is 6.92 Å². The number of benzene rings is 4. The van der Waals surface area contributed by atoms with Gasteiger partial charge in [-0.25, -0.2) is 19.1 Å². The average Bonchev–Trinajstić information content (AvgIpc) is 3.78. The average molecular weight is 635 g/mol. The summed E-state index contributed by atoms with van der Waals surface area (Å²) in [4.78, 5) is 0. The number of hydrogen-bond acceptors (Lipinski definition) is 4. The largest absolute Gasteiger partial charge is 0.378 e. The predicted molar refractivity (Wildman–Crippen MR) is 178 cm³/mol. The van der Waals surface area contributed by atoms with Crippen LogP contribution in [-0.4, -0.2) is 28.2 Å². The SMILES string of the molecule is CC1(C)O[C@@H](C(O)(c2ccccc2)c2ccccc2)[C@H](C(O)(c2ccccc2)c2ccccc2)O1.[CH2-]/C=C/C.[CH]1C=CC=C1.[Ti]. The minimum absolute atomic E-state index is 0. The third kappa shape index (κ3) is 8.42. The second-order valence-corrected chi connectivity index (χ2v) is 11.0. The van der Waals surface area contributed by atoms with Crippen LogP contribution in [0.4, 0.5) is 0 Å². The van der Waals surface area contributed by atoms with E-state index in [1.54, 1.807) is 6.08 Å². The van der Waals surface area contributed by atoms with Crippen LogP contribution in [0.2, 0.25) is 0 Å². The first-order valence-electron chi connectivity index (χ1n) is 14.9. The Kier molecular flexibility index (Phi) is 13.4. The van der Waals surface area contributed by atoms with Crippen molar-refractivity contribution in [1.29, 1.82) is 0 Å². The Morgan fingerprint density at radius 1 is 0.578 bits per heavy atom. The van der Waals surface area contributed by atoms with E-state index in [1.807, 2.05) is 179 Å².